The van der Waals surface area contributed by atoms with Crippen molar-refractivity contribution in [2.75, 3.05) is 7.11 Å². The van der Waals surface area contributed by atoms with Crippen molar-refractivity contribution in [3.05, 3.63) is 11.1 Å². The van der Waals surface area contributed by atoms with Crippen LogP contribution < -0.4 is 0 Å². The summed E-state index contributed by atoms with van der Waals surface area (Å²) in [7, 11) is 1.42. The van der Waals surface area contributed by atoms with Crippen molar-refractivity contribution >= 4 is 24.2 Å². The van der Waals surface area contributed by atoms with E-state index in [1.807, 2.05) is 0 Å². The van der Waals surface area contributed by atoms with Crippen molar-refractivity contribution in [3.8, 4) is 0 Å². The largest absolute Gasteiger partial charge is 0.469 e. The fraction of sp³-hybridized carbons (Fsp3) is 0.793. The van der Waals surface area contributed by atoms with Crippen molar-refractivity contribution in [2.24, 2.45) is 35.0 Å². The number of ether oxygens (including phenoxy) is 3. The second-order valence-corrected chi connectivity index (χ2v) is 11.6. The number of carbonyl (C=O) groups is 4. The van der Waals surface area contributed by atoms with E-state index in [4.69, 9.17) is 14.2 Å². The number of hydrogen-bond donors (Lipinski definition) is 0. The standard InChI is InChI=1S/C29H44O7/c1-17(7-10-27(33)34-6)23-8-9-24(18(23)2)28-25(12-14-30)29(5)13-11-22(35-19(3)31)15-21(29)16-26(28)36-20(4)32/h14,17,21-23,25-26,28H,7-13,15-16H2,1-6H3/t17-,21+,22-,23-,25+,26-,28+,29+/m1/s1. The average molecular weight is 505 g/mol. The van der Waals surface area contributed by atoms with Gasteiger partial charge in [0, 0.05) is 32.6 Å². The number of hydrogen-bond acceptors (Lipinski definition) is 7. The van der Waals surface area contributed by atoms with Gasteiger partial charge in [0.1, 0.15) is 18.5 Å². The zero-order valence-electron chi connectivity index (χ0n) is 22.8. The van der Waals surface area contributed by atoms with Gasteiger partial charge in [0.15, 0.2) is 0 Å². The molecular weight excluding hydrogens is 460 g/mol. The Kier molecular flexibility index (Phi) is 9.39. The first-order valence-corrected chi connectivity index (χ1v) is 13.6. The number of methoxy groups -OCH3 is 1. The Morgan fingerprint density at radius 3 is 2.42 bits per heavy atom. The van der Waals surface area contributed by atoms with Gasteiger partial charge in [-0.15, -0.1) is 0 Å². The summed E-state index contributed by atoms with van der Waals surface area (Å²) in [5, 5.41) is 0. The van der Waals surface area contributed by atoms with Crippen molar-refractivity contribution in [2.45, 2.75) is 105 Å². The van der Waals surface area contributed by atoms with Gasteiger partial charge in [0.25, 0.3) is 0 Å². The van der Waals surface area contributed by atoms with Gasteiger partial charge >= 0.3 is 17.9 Å². The monoisotopic (exact) mass is 504 g/mol. The summed E-state index contributed by atoms with van der Waals surface area (Å²) < 4.78 is 16.4. The van der Waals surface area contributed by atoms with Crippen LogP contribution in [0.15, 0.2) is 11.1 Å². The van der Waals surface area contributed by atoms with Gasteiger partial charge in [-0.1, -0.05) is 25.0 Å². The highest BCUT2D eigenvalue weighted by molar-refractivity contribution is 5.69. The van der Waals surface area contributed by atoms with Crippen LogP contribution in [-0.4, -0.2) is 43.5 Å². The number of aldehydes is 1. The SMILES string of the molecule is COC(=O)CC[C@@H](C)[C@H]1CCC([C@@H]2[C@H](OC(C)=O)C[C@@H]3C[C@H](OC(C)=O)CC[C@]3(C)[C@H]2CC=O)=C1C. The fourth-order valence-electron chi connectivity index (χ4n) is 7.75. The molecule has 8 atom stereocenters. The van der Waals surface area contributed by atoms with E-state index in [0.29, 0.717) is 31.1 Å². The lowest BCUT2D eigenvalue weighted by atomic mass is 9.49. The van der Waals surface area contributed by atoms with E-state index in [2.05, 4.69) is 20.8 Å². The first-order valence-electron chi connectivity index (χ1n) is 13.6. The number of allylic oxidation sites excluding steroid dienone is 1. The molecule has 36 heavy (non-hydrogen) atoms. The average Bonchev–Trinajstić information content (AvgIpc) is 3.19. The molecule has 0 amide bonds. The maximum absolute atomic E-state index is 12.2. The van der Waals surface area contributed by atoms with Gasteiger partial charge in [0.2, 0.25) is 0 Å². The van der Waals surface area contributed by atoms with E-state index >= 15 is 0 Å². The first kappa shape index (κ1) is 28.4. The van der Waals surface area contributed by atoms with Crippen LogP contribution in [0.4, 0.5) is 0 Å². The van der Waals surface area contributed by atoms with Crippen molar-refractivity contribution < 1.29 is 33.4 Å². The van der Waals surface area contributed by atoms with Gasteiger partial charge in [-0.2, -0.15) is 0 Å². The van der Waals surface area contributed by atoms with Crippen molar-refractivity contribution in [1.29, 1.82) is 0 Å². The van der Waals surface area contributed by atoms with Crippen LogP contribution in [-0.2, 0) is 33.4 Å². The minimum absolute atomic E-state index is 0.00318. The number of fused-ring (bicyclic) bond motifs is 1. The molecule has 0 aromatic rings. The lowest BCUT2D eigenvalue weighted by molar-refractivity contribution is -0.170. The predicted molar refractivity (Wildman–Crippen MR) is 135 cm³/mol. The van der Waals surface area contributed by atoms with Crippen LogP contribution in [0, 0.1) is 35.0 Å². The van der Waals surface area contributed by atoms with E-state index < -0.39 is 0 Å². The van der Waals surface area contributed by atoms with Gasteiger partial charge in [-0.05, 0) is 81.0 Å². The zero-order valence-corrected chi connectivity index (χ0v) is 22.8. The zero-order chi connectivity index (χ0) is 26.6. The summed E-state index contributed by atoms with van der Waals surface area (Å²) in [5.74, 6) is 0.224. The summed E-state index contributed by atoms with van der Waals surface area (Å²) in [5.41, 5.74) is 2.58. The molecule has 0 N–H and O–H groups in total. The molecule has 0 bridgehead atoms. The molecule has 0 aromatic carbocycles. The van der Waals surface area contributed by atoms with Crippen LogP contribution in [0.1, 0.15) is 92.4 Å². The quantitative estimate of drug-likeness (QED) is 0.184. The maximum atomic E-state index is 12.2. The van der Waals surface area contributed by atoms with Crippen molar-refractivity contribution in [1.82, 2.24) is 0 Å². The Hall–Kier alpha value is -2.18. The molecule has 7 heteroatoms. The number of rotatable bonds is 9. The first-order chi connectivity index (χ1) is 17.0. The van der Waals surface area contributed by atoms with Crippen LogP contribution >= 0.6 is 0 Å². The highest BCUT2D eigenvalue weighted by Gasteiger charge is 2.56. The summed E-state index contributed by atoms with van der Waals surface area (Å²) in [6, 6.07) is 0. The number of carbonyl (C=O) groups excluding carboxylic acids is 4. The highest BCUT2D eigenvalue weighted by atomic mass is 16.5. The van der Waals surface area contributed by atoms with Crippen molar-refractivity contribution in [3.63, 3.8) is 0 Å². The molecule has 0 unspecified atom stereocenters. The molecule has 0 aromatic heterocycles. The Bertz CT molecular complexity index is 877. The predicted octanol–water partition coefficient (Wildman–Crippen LogP) is 5.20. The molecule has 202 valence electrons. The summed E-state index contributed by atoms with van der Waals surface area (Å²) in [6.45, 7) is 9.57. The molecule has 7 nitrogen and oxygen atoms in total. The molecule has 0 radical (unpaired) electrons. The number of esters is 3. The molecule has 0 saturated heterocycles. The van der Waals surface area contributed by atoms with Gasteiger partial charge in [-0.3, -0.25) is 14.4 Å². The summed E-state index contributed by atoms with van der Waals surface area (Å²) >= 11 is 0. The second-order valence-electron chi connectivity index (χ2n) is 11.6. The summed E-state index contributed by atoms with van der Waals surface area (Å²) in [6.07, 6.45) is 7.26. The topological polar surface area (TPSA) is 96.0 Å². The van der Waals surface area contributed by atoms with Crippen LogP contribution in [0.25, 0.3) is 0 Å². The normalized spacial score (nSPS) is 34.9. The Labute approximate surface area is 215 Å². The van der Waals surface area contributed by atoms with E-state index in [9.17, 15) is 19.2 Å². The van der Waals surface area contributed by atoms with E-state index in [-0.39, 0.29) is 53.3 Å². The van der Waals surface area contributed by atoms with Crippen LogP contribution in [0.2, 0.25) is 0 Å². The third-order valence-corrected chi connectivity index (χ3v) is 9.59. The van der Waals surface area contributed by atoms with E-state index in [1.165, 1.54) is 32.1 Å². The Morgan fingerprint density at radius 2 is 1.81 bits per heavy atom. The summed E-state index contributed by atoms with van der Waals surface area (Å²) in [4.78, 5) is 47.5. The smallest absolute Gasteiger partial charge is 0.305 e. The molecule has 0 aliphatic heterocycles. The molecule has 2 saturated carbocycles. The Balaban J connectivity index is 1.93. The molecule has 0 heterocycles. The lowest BCUT2D eigenvalue weighted by Crippen LogP contribution is -2.54. The molecule has 2 fully saturated rings. The third kappa shape index (κ3) is 6.03. The lowest BCUT2D eigenvalue weighted by Gasteiger charge is -2.57. The van der Waals surface area contributed by atoms with Crippen LogP contribution in [0.3, 0.4) is 0 Å². The minimum Gasteiger partial charge on any atom is -0.469 e. The Morgan fingerprint density at radius 1 is 1.11 bits per heavy atom. The molecular formula is C29H44O7. The molecule has 0 spiro atoms. The van der Waals surface area contributed by atoms with Gasteiger partial charge < -0.3 is 19.0 Å². The van der Waals surface area contributed by atoms with Gasteiger partial charge in [-0.25, -0.2) is 0 Å². The molecule has 3 rings (SSSR count). The molecule has 3 aliphatic carbocycles. The fourth-order valence-corrected chi connectivity index (χ4v) is 7.75. The maximum Gasteiger partial charge on any atom is 0.305 e. The van der Waals surface area contributed by atoms with Gasteiger partial charge in [0.05, 0.1) is 7.11 Å². The van der Waals surface area contributed by atoms with Crippen LogP contribution in [0.5, 0.6) is 0 Å². The minimum atomic E-state index is -0.301. The molecule has 3 aliphatic rings. The highest BCUT2D eigenvalue weighted by Crippen LogP contribution is 2.60. The van der Waals surface area contributed by atoms with E-state index in [1.54, 1.807) is 0 Å². The van der Waals surface area contributed by atoms with E-state index in [0.717, 1.165) is 44.8 Å². The second kappa shape index (κ2) is 11.9. The third-order valence-electron chi connectivity index (χ3n) is 9.59.